The molecule has 0 bridgehead atoms. The Morgan fingerprint density at radius 2 is 1.95 bits per heavy atom. The largest absolute Gasteiger partial charge is 0.469 e. The van der Waals surface area contributed by atoms with Gasteiger partial charge in [-0.1, -0.05) is 31.2 Å². The van der Waals surface area contributed by atoms with Gasteiger partial charge in [-0.25, -0.2) is 0 Å². The van der Waals surface area contributed by atoms with Crippen molar-refractivity contribution in [2.24, 2.45) is 5.73 Å². The molecule has 1 unspecified atom stereocenters. The van der Waals surface area contributed by atoms with E-state index in [0.29, 0.717) is 6.54 Å². The zero-order chi connectivity index (χ0) is 14.5. The first-order valence-corrected chi connectivity index (χ1v) is 7.18. The van der Waals surface area contributed by atoms with Crippen LogP contribution in [0.15, 0.2) is 41.0 Å². The number of nitrogens with two attached hydrogens (primary N) is 1. The summed E-state index contributed by atoms with van der Waals surface area (Å²) in [5.74, 6) is 0.983. The van der Waals surface area contributed by atoms with E-state index in [1.165, 1.54) is 16.7 Å². The first-order chi connectivity index (χ1) is 9.67. The van der Waals surface area contributed by atoms with Gasteiger partial charge in [-0.3, -0.25) is 4.90 Å². The summed E-state index contributed by atoms with van der Waals surface area (Å²) in [6.07, 6.45) is 2.78. The molecule has 0 aliphatic rings. The molecule has 0 spiro atoms. The average molecular weight is 272 g/mol. The Bertz CT molecular complexity index is 547. The third-order valence-corrected chi connectivity index (χ3v) is 3.94. The first kappa shape index (κ1) is 14.8. The number of hydrogen-bond donors (Lipinski definition) is 1. The van der Waals surface area contributed by atoms with Gasteiger partial charge in [-0.15, -0.1) is 0 Å². The van der Waals surface area contributed by atoms with Crippen LogP contribution in [0, 0.1) is 6.92 Å². The van der Waals surface area contributed by atoms with E-state index in [9.17, 15) is 0 Å². The van der Waals surface area contributed by atoms with Crippen LogP contribution in [0.4, 0.5) is 0 Å². The molecule has 108 valence electrons. The van der Waals surface area contributed by atoms with Crippen molar-refractivity contribution in [2.75, 3.05) is 13.6 Å². The lowest BCUT2D eigenvalue weighted by atomic mass is 9.97. The van der Waals surface area contributed by atoms with Crippen LogP contribution in [0.3, 0.4) is 0 Å². The van der Waals surface area contributed by atoms with Crippen molar-refractivity contribution in [3.63, 3.8) is 0 Å². The summed E-state index contributed by atoms with van der Waals surface area (Å²) >= 11 is 0. The standard InChI is InChI=1S/C17H24N2O/c1-4-14-7-5-6-8-16(14)17(11-18)19(3)12-15-9-10-20-13(15)2/h5-10,17H,4,11-12,18H2,1-3H3. The van der Waals surface area contributed by atoms with E-state index in [0.717, 1.165) is 18.7 Å². The Balaban J connectivity index is 2.21. The number of likely N-dealkylation sites (N-methyl/N-ethyl adjacent to an activating group) is 1. The van der Waals surface area contributed by atoms with E-state index in [-0.39, 0.29) is 6.04 Å². The normalized spacial score (nSPS) is 12.8. The molecule has 2 N–H and O–H groups in total. The molecule has 3 heteroatoms. The molecule has 0 amide bonds. The second kappa shape index (κ2) is 6.73. The Morgan fingerprint density at radius 1 is 1.20 bits per heavy atom. The topological polar surface area (TPSA) is 42.4 Å². The quantitative estimate of drug-likeness (QED) is 0.877. The number of hydrogen-bond acceptors (Lipinski definition) is 3. The Kier molecular flexibility index (Phi) is 4.99. The molecule has 0 fully saturated rings. The maximum absolute atomic E-state index is 6.03. The van der Waals surface area contributed by atoms with Crippen molar-refractivity contribution in [3.05, 3.63) is 59.0 Å². The van der Waals surface area contributed by atoms with E-state index in [4.69, 9.17) is 10.2 Å². The summed E-state index contributed by atoms with van der Waals surface area (Å²) in [6.45, 7) is 5.65. The summed E-state index contributed by atoms with van der Waals surface area (Å²) in [7, 11) is 2.12. The zero-order valence-corrected chi connectivity index (χ0v) is 12.6. The fourth-order valence-electron chi connectivity index (χ4n) is 2.68. The van der Waals surface area contributed by atoms with Gasteiger partial charge < -0.3 is 10.2 Å². The molecule has 2 rings (SSSR count). The van der Waals surface area contributed by atoms with Crippen molar-refractivity contribution < 1.29 is 4.42 Å². The molecule has 0 saturated heterocycles. The third-order valence-electron chi connectivity index (χ3n) is 3.94. The lowest BCUT2D eigenvalue weighted by Crippen LogP contribution is -2.31. The average Bonchev–Trinajstić information content (AvgIpc) is 2.85. The minimum Gasteiger partial charge on any atom is -0.469 e. The van der Waals surface area contributed by atoms with Gasteiger partial charge in [0.05, 0.1) is 6.26 Å². The van der Waals surface area contributed by atoms with Crippen LogP contribution in [-0.2, 0) is 13.0 Å². The Labute approximate surface area is 121 Å². The summed E-state index contributed by atoms with van der Waals surface area (Å²) in [5, 5.41) is 0. The van der Waals surface area contributed by atoms with Gasteiger partial charge in [-0.05, 0) is 37.6 Å². The number of nitrogens with zero attached hydrogens (tertiary/aromatic N) is 1. The van der Waals surface area contributed by atoms with Crippen LogP contribution < -0.4 is 5.73 Å². The van der Waals surface area contributed by atoms with E-state index >= 15 is 0 Å². The van der Waals surface area contributed by atoms with Gasteiger partial charge in [0.15, 0.2) is 0 Å². The molecule has 1 aromatic carbocycles. The Hall–Kier alpha value is -1.58. The van der Waals surface area contributed by atoms with Crippen molar-refractivity contribution >= 4 is 0 Å². The highest BCUT2D eigenvalue weighted by Gasteiger charge is 2.19. The highest BCUT2D eigenvalue weighted by atomic mass is 16.3. The van der Waals surface area contributed by atoms with Gasteiger partial charge >= 0.3 is 0 Å². The fourth-order valence-corrected chi connectivity index (χ4v) is 2.68. The van der Waals surface area contributed by atoms with Gasteiger partial charge in [0, 0.05) is 24.7 Å². The molecular weight excluding hydrogens is 248 g/mol. The van der Waals surface area contributed by atoms with Gasteiger partial charge in [0.2, 0.25) is 0 Å². The van der Waals surface area contributed by atoms with Crippen LogP contribution in [-0.4, -0.2) is 18.5 Å². The van der Waals surface area contributed by atoms with Crippen LogP contribution >= 0.6 is 0 Å². The van der Waals surface area contributed by atoms with Gasteiger partial charge in [0.25, 0.3) is 0 Å². The van der Waals surface area contributed by atoms with E-state index in [1.54, 1.807) is 6.26 Å². The number of furan rings is 1. The molecule has 1 heterocycles. The van der Waals surface area contributed by atoms with E-state index < -0.39 is 0 Å². The lowest BCUT2D eigenvalue weighted by molar-refractivity contribution is 0.239. The SMILES string of the molecule is CCc1ccccc1C(CN)N(C)Cc1ccoc1C. The van der Waals surface area contributed by atoms with E-state index in [1.807, 2.05) is 13.0 Å². The molecule has 1 aromatic heterocycles. The number of benzene rings is 1. The van der Waals surface area contributed by atoms with Crippen LogP contribution in [0.2, 0.25) is 0 Å². The van der Waals surface area contributed by atoms with Crippen LogP contribution in [0.1, 0.15) is 35.4 Å². The summed E-state index contributed by atoms with van der Waals surface area (Å²) < 4.78 is 5.37. The highest BCUT2D eigenvalue weighted by Crippen LogP contribution is 2.25. The van der Waals surface area contributed by atoms with Crippen molar-refractivity contribution in [3.8, 4) is 0 Å². The van der Waals surface area contributed by atoms with Gasteiger partial charge in [-0.2, -0.15) is 0 Å². The molecule has 0 saturated carbocycles. The minimum atomic E-state index is 0.237. The third kappa shape index (κ3) is 3.11. The molecular formula is C17H24N2O. The predicted octanol–water partition coefficient (Wildman–Crippen LogP) is 3.28. The lowest BCUT2D eigenvalue weighted by Gasteiger charge is -2.28. The summed E-state index contributed by atoms with van der Waals surface area (Å²) in [4.78, 5) is 2.30. The van der Waals surface area contributed by atoms with Gasteiger partial charge in [0.1, 0.15) is 5.76 Å². The minimum absolute atomic E-state index is 0.237. The molecule has 0 aliphatic heterocycles. The predicted molar refractivity (Wildman–Crippen MR) is 82.5 cm³/mol. The number of aryl methyl sites for hydroxylation is 2. The molecule has 20 heavy (non-hydrogen) atoms. The van der Waals surface area contributed by atoms with Crippen molar-refractivity contribution in [1.82, 2.24) is 4.90 Å². The molecule has 3 nitrogen and oxygen atoms in total. The molecule has 0 aliphatic carbocycles. The summed E-state index contributed by atoms with van der Waals surface area (Å²) in [5.41, 5.74) is 9.96. The van der Waals surface area contributed by atoms with Crippen molar-refractivity contribution in [2.45, 2.75) is 32.9 Å². The monoisotopic (exact) mass is 272 g/mol. The van der Waals surface area contributed by atoms with Crippen LogP contribution in [0.5, 0.6) is 0 Å². The van der Waals surface area contributed by atoms with E-state index in [2.05, 4.69) is 43.1 Å². The summed E-state index contributed by atoms with van der Waals surface area (Å²) in [6, 6.07) is 10.8. The molecule has 2 aromatic rings. The van der Waals surface area contributed by atoms with Crippen LogP contribution in [0.25, 0.3) is 0 Å². The van der Waals surface area contributed by atoms with Crippen molar-refractivity contribution in [1.29, 1.82) is 0 Å². The molecule has 0 radical (unpaired) electrons. The zero-order valence-electron chi connectivity index (χ0n) is 12.6. The second-order valence-electron chi connectivity index (χ2n) is 5.22. The highest BCUT2D eigenvalue weighted by molar-refractivity contribution is 5.30. The maximum Gasteiger partial charge on any atom is 0.105 e. The number of rotatable bonds is 6. The molecule has 1 atom stereocenters. The Morgan fingerprint density at radius 3 is 2.55 bits per heavy atom. The first-order valence-electron chi connectivity index (χ1n) is 7.18. The maximum atomic E-state index is 6.03. The fraction of sp³-hybridized carbons (Fsp3) is 0.412. The second-order valence-corrected chi connectivity index (χ2v) is 5.22. The smallest absolute Gasteiger partial charge is 0.105 e.